The minimum atomic E-state index is 0. The zero-order chi connectivity index (χ0) is 17.9. The highest BCUT2D eigenvalue weighted by molar-refractivity contribution is 14.0. The van der Waals surface area contributed by atoms with Crippen molar-refractivity contribution in [2.24, 2.45) is 4.99 Å². The zero-order valence-corrected chi connectivity index (χ0v) is 19.2. The lowest BCUT2D eigenvalue weighted by Gasteiger charge is -2.36. The molecule has 2 fully saturated rings. The summed E-state index contributed by atoms with van der Waals surface area (Å²) in [7, 11) is 1.87. The number of halogens is 2. The smallest absolute Gasteiger partial charge is 0.225 e. The molecule has 1 N–H and O–H groups in total. The molecule has 4 rings (SSSR count). The van der Waals surface area contributed by atoms with Gasteiger partial charge in [0.1, 0.15) is 0 Å². The fourth-order valence-electron chi connectivity index (χ4n) is 3.47. The molecule has 1 aliphatic heterocycles. The van der Waals surface area contributed by atoms with Crippen molar-refractivity contribution < 1.29 is 0 Å². The van der Waals surface area contributed by atoms with Crippen LogP contribution in [-0.4, -0.2) is 60.1 Å². The number of anilines is 1. The van der Waals surface area contributed by atoms with Crippen molar-refractivity contribution in [3.63, 3.8) is 0 Å². The fraction of sp³-hybridized carbons (Fsp3) is 0.421. The maximum Gasteiger partial charge on any atom is 0.225 e. The number of benzene rings is 1. The number of guanidine groups is 1. The van der Waals surface area contributed by atoms with Gasteiger partial charge in [0.2, 0.25) is 5.95 Å². The Morgan fingerprint density at radius 1 is 1.11 bits per heavy atom. The fourth-order valence-corrected chi connectivity index (χ4v) is 3.73. The van der Waals surface area contributed by atoms with Gasteiger partial charge in [-0.3, -0.25) is 4.99 Å². The molecule has 1 saturated carbocycles. The van der Waals surface area contributed by atoms with Crippen LogP contribution in [0.5, 0.6) is 0 Å². The van der Waals surface area contributed by atoms with E-state index in [0.717, 1.165) is 42.6 Å². The van der Waals surface area contributed by atoms with Gasteiger partial charge in [0, 0.05) is 62.1 Å². The molecule has 2 heterocycles. The summed E-state index contributed by atoms with van der Waals surface area (Å²) in [6.07, 6.45) is 4.76. The van der Waals surface area contributed by atoms with Gasteiger partial charge in [-0.25, -0.2) is 9.97 Å². The van der Waals surface area contributed by atoms with Crippen LogP contribution < -0.4 is 10.2 Å². The minimum absolute atomic E-state index is 0. The van der Waals surface area contributed by atoms with Crippen molar-refractivity contribution in [1.29, 1.82) is 0 Å². The summed E-state index contributed by atoms with van der Waals surface area (Å²) in [5.41, 5.74) is 1.40. The first-order chi connectivity index (χ1) is 12.7. The average molecular weight is 543 g/mol. The molecule has 1 saturated heterocycles. The first kappa shape index (κ1) is 20.3. The number of piperazine rings is 1. The zero-order valence-electron chi connectivity index (χ0n) is 15.3. The highest BCUT2D eigenvalue weighted by Crippen LogP contribution is 2.41. The Balaban J connectivity index is 0.00000210. The third kappa shape index (κ3) is 4.90. The SMILES string of the molecule is CN=C(NC1CC1c1ccc(Br)cc1)N1CCN(c2ncccn2)CC1.I. The number of hydrogen-bond donors (Lipinski definition) is 1. The molecule has 2 atom stereocenters. The number of nitrogens with one attached hydrogen (secondary N) is 1. The summed E-state index contributed by atoms with van der Waals surface area (Å²) < 4.78 is 1.13. The van der Waals surface area contributed by atoms with Crippen LogP contribution in [0.25, 0.3) is 0 Å². The Morgan fingerprint density at radius 3 is 2.41 bits per heavy atom. The van der Waals surface area contributed by atoms with E-state index in [-0.39, 0.29) is 24.0 Å². The first-order valence-corrected chi connectivity index (χ1v) is 9.79. The summed E-state index contributed by atoms with van der Waals surface area (Å²) in [4.78, 5) is 17.8. The second kappa shape index (κ2) is 9.18. The van der Waals surface area contributed by atoms with E-state index in [4.69, 9.17) is 0 Å². The van der Waals surface area contributed by atoms with Gasteiger partial charge in [-0.1, -0.05) is 28.1 Å². The summed E-state index contributed by atoms with van der Waals surface area (Å²) in [6.45, 7) is 3.66. The Bertz CT molecular complexity index is 762. The molecule has 8 heteroatoms. The van der Waals surface area contributed by atoms with Gasteiger partial charge in [0.05, 0.1) is 0 Å². The van der Waals surface area contributed by atoms with Crippen LogP contribution in [0.4, 0.5) is 5.95 Å². The molecule has 1 aromatic heterocycles. The number of rotatable bonds is 3. The van der Waals surface area contributed by atoms with Gasteiger partial charge >= 0.3 is 0 Å². The van der Waals surface area contributed by atoms with E-state index in [2.05, 4.69) is 70.3 Å². The normalized spacial score (nSPS) is 22.2. The molecular formula is C19H24BrIN6. The van der Waals surface area contributed by atoms with Gasteiger partial charge in [-0.05, 0) is 30.2 Å². The highest BCUT2D eigenvalue weighted by Gasteiger charge is 2.39. The molecule has 0 spiro atoms. The van der Waals surface area contributed by atoms with E-state index in [9.17, 15) is 0 Å². The summed E-state index contributed by atoms with van der Waals surface area (Å²) in [5.74, 6) is 2.40. The van der Waals surface area contributed by atoms with Crippen LogP contribution in [0.1, 0.15) is 17.9 Å². The summed E-state index contributed by atoms with van der Waals surface area (Å²) >= 11 is 3.50. The quantitative estimate of drug-likeness (QED) is 0.367. The molecular weight excluding hydrogens is 519 g/mol. The van der Waals surface area contributed by atoms with Crippen molar-refractivity contribution in [3.05, 3.63) is 52.8 Å². The molecule has 2 unspecified atom stereocenters. The predicted octanol–water partition coefficient (Wildman–Crippen LogP) is 3.11. The molecule has 2 aromatic rings. The lowest BCUT2D eigenvalue weighted by Crippen LogP contribution is -2.53. The van der Waals surface area contributed by atoms with E-state index >= 15 is 0 Å². The second-order valence-electron chi connectivity index (χ2n) is 6.71. The molecule has 144 valence electrons. The van der Waals surface area contributed by atoms with Gasteiger partial charge in [-0.2, -0.15) is 0 Å². The number of aliphatic imine (C=N–C) groups is 1. The van der Waals surface area contributed by atoms with Crippen molar-refractivity contribution in [2.45, 2.75) is 18.4 Å². The van der Waals surface area contributed by atoms with Crippen LogP contribution in [0.15, 0.2) is 52.2 Å². The van der Waals surface area contributed by atoms with Gasteiger partial charge in [0.15, 0.2) is 5.96 Å². The molecule has 0 radical (unpaired) electrons. The third-order valence-corrected chi connectivity index (χ3v) is 5.56. The molecule has 6 nitrogen and oxygen atoms in total. The Hall–Kier alpha value is -1.42. The molecule has 0 bridgehead atoms. The Kier molecular flexibility index (Phi) is 6.91. The van der Waals surface area contributed by atoms with E-state index in [0.29, 0.717) is 12.0 Å². The maximum absolute atomic E-state index is 4.51. The topological polar surface area (TPSA) is 56.7 Å². The summed E-state index contributed by atoms with van der Waals surface area (Å²) in [6, 6.07) is 11.0. The second-order valence-corrected chi connectivity index (χ2v) is 7.63. The molecule has 0 amide bonds. The van der Waals surface area contributed by atoms with E-state index < -0.39 is 0 Å². The molecule has 2 aliphatic rings. The summed E-state index contributed by atoms with van der Waals surface area (Å²) in [5, 5.41) is 3.64. The van der Waals surface area contributed by atoms with Gasteiger partial charge in [0.25, 0.3) is 0 Å². The third-order valence-electron chi connectivity index (χ3n) is 5.03. The van der Waals surface area contributed by atoms with Crippen molar-refractivity contribution in [2.75, 3.05) is 38.1 Å². The van der Waals surface area contributed by atoms with E-state index in [1.807, 2.05) is 13.1 Å². The number of nitrogens with zero attached hydrogens (tertiary/aromatic N) is 5. The molecule has 1 aromatic carbocycles. The number of hydrogen-bond acceptors (Lipinski definition) is 4. The van der Waals surface area contributed by atoms with Crippen LogP contribution in [0, 0.1) is 0 Å². The monoisotopic (exact) mass is 542 g/mol. The lowest BCUT2D eigenvalue weighted by molar-refractivity contribution is 0.369. The highest BCUT2D eigenvalue weighted by atomic mass is 127. The number of aromatic nitrogens is 2. The van der Waals surface area contributed by atoms with Gasteiger partial charge < -0.3 is 15.1 Å². The molecule has 27 heavy (non-hydrogen) atoms. The maximum atomic E-state index is 4.51. The minimum Gasteiger partial charge on any atom is -0.353 e. The molecule has 1 aliphatic carbocycles. The van der Waals surface area contributed by atoms with E-state index in [1.54, 1.807) is 12.4 Å². The average Bonchev–Trinajstić information content (AvgIpc) is 3.47. The van der Waals surface area contributed by atoms with Crippen LogP contribution in [0.2, 0.25) is 0 Å². The lowest BCUT2D eigenvalue weighted by atomic mass is 10.1. The van der Waals surface area contributed by atoms with Gasteiger partial charge in [-0.15, -0.1) is 24.0 Å². The predicted molar refractivity (Wildman–Crippen MR) is 123 cm³/mol. The van der Waals surface area contributed by atoms with Crippen LogP contribution >= 0.6 is 39.9 Å². The standard InChI is InChI=1S/C19H23BrN6.HI/c1-21-18(24-17-13-16(17)14-3-5-15(20)6-4-14)25-9-11-26(12-10-25)19-22-7-2-8-23-19;/h2-8,16-17H,9-13H2,1H3,(H,21,24);1H. The van der Waals surface area contributed by atoms with Crippen molar-refractivity contribution >= 4 is 51.8 Å². The van der Waals surface area contributed by atoms with E-state index in [1.165, 1.54) is 12.0 Å². The van der Waals surface area contributed by atoms with Crippen LogP contribution in [0.3, 0.4) is 0 Å². The van der Waals surface area contributed by atoms with Crippen molar-refractivity contribution in [3.8, 4) is 0 Å². The first-order valence-electron chi connectivity index (χ1n) is 9.00. The largest absolute Gasteiger partial charge is 0.353 e. The Morgan fingerprint density at radius 2 is 1.78 bits per heavy atom. The van der Waals surface area contributed by atoms with Crippen LogP contribution in [-0.2, 0) is 0 Å². The Labute approximate surface area is 185 Å². The van der Waals surface area contributed by atoms with Crippen molar-refractivity contribution in [1.82, 2.24) is 20.2 Å².